The SMILES string of the molecule is CC(C)CN(C(=O)c1ccc(Cl)cc1O)C1CCCC1. The van der Waals surface area contributed by atoms with Crippen molar-refractivity contribution >= 4 is 17.5 Å². The van der Waals surface area contributed by atoms with Crippen LogP contribution < -0.4 is 0 Å². The molecule has 1 aliphatic rings. The van der Waals surface area contributed by atoms with E-state index in [1.165, 1.54) is 18.9 Å². The van der Waals surface area contributed by atoms with E-state index < -0.39 is 0 Å². The molecule has 110 valence electrons. The number of hydrogen-bond acceptors (Lipinski definition) is 2. The van der Waals surface area contributed by atoms with E-state index >= 15 is 0 Å². The molecule has 0 atom stereocenters. The first-order chi connectivity index (χ1) is 9.49. The number of rotatable bonds is 4. The van der Waals surface area contributed by atoms with Crippen LogP contribution in [0.2, 0.25) is 5.02 Å². The fraction of sp³-hybridized carbons (Fsp3) is 0.562. The van der Waals surface area contributed by atoms with Crippen LogP contribution in [0.4, 0.5) is 0 Å². The van der Waals surface area contributed by atoms with E-state index in [0.717, 1.165) is 19.4 Å². The van der Waals surface area contributed by atoms with Gasteiger partial charge >= 0.3 is 0 Å². The molecule has 1 aliphatic carbocycles. The summed E-state index contributed by atoms with van der Waals surface area (Å²) in [7, 11) is 0. The molecule has 4 heteroatoms. The van der Waals surface area contributed by atoms with Crippen molar-refractivity contribution in [3.8, 4) is 5.75 Å². The van der Waals surface area contributed by atoms with Gasteiger partial charge in [0.2, 0.25) is 0 Å². The van der Waals surface area contributed by atoms with Gasteiger partial charge in [-0.3, -0.25) is 4.79 Å². The standard InChI is InChI=1S/C16H22ClNO2/c1-11(2)10-18(13-5-3-4-6-13)16(20)14-8-7-12(17)9-15(14)19/h7-9,11,13,19H,3-6,10H2,1-2H3. The number of aromatic hydroxyl groups is 1. The quantitative estimate of drug-likeness (QED) is 0.909. The second-order valence-corrected chi connectivity index (χ2v) is 6.39. The lowest BCUT2D eigenvalue weighted by molar-refractivity contribution is 0.0652. The van der Waals surface area contributed by atoms with E-state index in [1.54, 1.807) is 12.1 Å². The van der Waals surface area contributed by atoms with Crippen LogP contribution in [0.25, 0.3) is 0 Å². The lowest BCUT2D eigenvalue weighted by Crippen LogP contribution is -2.41. The van der Waals surface area contributed by atoms with Crippen LogP contribution in [0.1, 0.15) is 49.9 Å². The van der Waals surface area contributed by atoms with E-state index in [9.17, 15) is 9.90 Å². The largest absolute Gasteiger partial charge is 0.507 e. The van der Waals surface area contributed by atoms with Crippen molar-refractivity contribution in [1.82, 2.24) is 4.90 Å². The Kier molecular flexibility index (Phi) is 4.92. The third kappa shape index (κ3) is 3.45. The van der Waals surface area contributed by atoms with Gasteiger partial charge in [-0.25, -0.2) is 0 Å². The third-order valence-corrected chi connectivity index (χ3v) is 4.01. The monoisotopic (exact) mass is 295 g/mol. The van der Waals surface area contributed by atoms with Crippen molar-refractivity contribution in [3.63, 3.8) is 0 Å². The summed E-state index contributed by atoms with van der Waals surface area (Å²) in [6.45, 7) is 4.94. The molecule has 0 aliphatic heterocycles. The van der Waals surface area contributed by atoms with E-state index in [1.807, 2.05) is 4.90 Å². The van der Waals surface area contributed by atoms with E-state index in [4.69, 9.17) is 11.6 Å². The van der Waals surface area contributed by atoms with Crippen molar-refractivity contribution in [2.75, 3.05) is 6.54 Å². The average Bonchev–Trinajstić information content (AvgIpc) is 2.88. The van der Waals surface area contributed by atoms with Crippen LogP contribution in [0.5, 0.6) is 5.75 Å². The molecule has 0 saturated heterocycles. The van der Waals surface area contributed by atoms with Gasteiger partial charge in [0, 0.05) is 17.6 Å². The molecule has 1 saturated carbocycles. The zero-order chi connectivity index (χ0) is 14.7. The Balaban J connectivity index is 2.24. The van der Waals surface area contributed by atoms with Crippen molar-refractivity contribution in [1.29, 1.82) is 0 Å². The minimum atomic E-state index is -0.0835. The maximum atomic E-state index is 12.7. The van der Waals surface area contributed by atoms with E-state index in [0.29, 0.717) is 22.5 Å². The fourth-order valence-corrected chi connectivity index (χ4v) is 3.01. The van der Waals surface area contributed by atoms with Crippen LogP contribution in [0.15, 0.2) is 18.2 Å². The summed E-state index contributed by atoms with van der Waals surface area (Å²) in [6.07, 6.45) is 4.48. The molecule has 20 heavy (non-hydrogen) atoms. The number of phenols is 1. The molecule has 0 radical (unpaired) electrons. The summed E-state index contributed by atoms with van der Waals surface area (Å²) >= 11 is 5.83. The topological polar surface area (TPSA) is 40.5 Å². The zero-order valence-corrected chi connectivity index (χ0v) is 12.9. The Bertz CT molecular complexity index is 481. The van der Waals surface area contributed by atoms with Crippen LogP contribution >= 0.6 is 11.6 Å². The van der Waals surface area contributed by atoms with Gasteiger partial charge in [0.15, 0.2) is 0 Å². The molecule has 1 fully saturated rings. The molecule has 1 amide bonds. The summed E-state index contributed by atoms with van der Waals surface area (Å²) in [4.78, 5) is 14.7. The molecule has 2 rings (SSSR count). The predicted octanol–water partition coefficient (Wildman–Crippen LogP) is 4.09. The molecule has 0 bridgehead atoms. The minimum Gasteiger partial charge on any atom is -0.507 e. The molecule has 1 aromatic rings. The molecular formula is C16H22ClNO2. The lowest BCUT2D eigenvalue weighted by atomic mass is 10.1. The Morgan fingerprint density at radius 3 is 2.60 bits per heavy atom. The Hall–Kier alpha value is -1.22. The summed E-state index contributed by atoms with van der Waals surface area (Å²) in [6, 6.07) is 5.00. The van der Waals surface area contributed by atoms with E-state index in [-0.39, 0.29) is 11.7 Å². The maximum Gasteiger partial charge on any atom is 0.257 e. The van der Waals surface area contributed by atoms with Gasteiger partial charge in [0.05, 0.1) is 5.56 Å². The first kappa shape index (κ1) is 15.2. The lowest BCUT2D eigenvalue weighted by Gasteiger charge is -2.31. The van der Waals surface area contributed by atoms with Crippen LogP contribution in [0, 0.1) is 5.92 Å². The van der Waals surface area contributed by atoms with Crippen LogP contribution in [-0.4, -0.2) is 28.5 Å². The molecule has 3 nitrogen and oxygen atoms in total. The first-order valence-electron chi connectivity index (χ1n) is 7.28. The first-order valence-corrected chi connectivity index (χ1v) is 7.66. The molecule has 0 spiro atoms. The number of hydrogen-bond donors (Lipinski definition) is 1. The number of nitrogens with zero attached hydrogens (tertiary/aromatic N) is 1. The summed E-state index contributed by atoms with van der Waals surface area (Å²) < 4.78 is 0. The fourth-order valence-electron chi connectivity index (χ4n) is 2.85. The molecule has 1 N–H and O–H groups in total. The van der Waals surface area contributed by atoms with Gasteiger partial charge in [-0.1, -0.05) is 38.3 Å². The number of phenolic OH excluding ortho intramolecular Hbond substituents is 1. The maximum absolute atomic E-state index is 12.7. The number of benzene rings is 1. The molecule has 0 heterocycles. The molecule has 0 unspecified atom stereocenters. The van der Waals surface area contributed by atoms with Crippen LogP contribution in [-0.2, 0) is 0 Å². The summed E-state index contributed by atoms with van der Waals surface area (Å²) in [5, 5.41) is 10.4. The molecule has 1 aromatic carbocycles. The number of amides is 1. The van der Waals surface area contributed by atoms with Gasteiger partial charge in [-0.05, 0) is 37.0 Å². The highest BCUT2D eigenvalue weighted by atomic mass is 35.5. The van der Waals surface area contributed by atoms with Gasteiger partial charge < -0.3 is 10.0 Å². The van der Waals surface area contributed by atoms with Crippen molar-refractivity contribution in [2.24, 2.45) is 5.92 Å². The average molecular weight is 296 g/mol. The number of carbonyl (C=O) groups is 1. The zero-order valence-electron chi connectivity index (χ0n) is 12.1. The Morgan fingerprint density at radius 2 is 2.05 bits per heavy atom. The smallest absolute Gasteiger partial charge is 0.257 e. The van der Waals surface area contributed by atoms with Gasteiger partial charge in [-0.2, -0.15) is 0 Å². The normalized spacial score (nSPS) is 15.8. The van der Waals surface area contributed by atoms with E-state index in [2.05, 4.69) is 13.8 Å². The predicted molar refractivity (Wildman–Crippen MR) is 81.2 cm³/mol. The highest BCUT2D eigenvalue weighted by Crippen LogP contribution is 2.29. The Labute approximate surface area is 125 Å². The highest BCUT2D eigenvalue weighted by molar-refractivity contribution is 6.30. The Morgan fingerprint density at radius 1 is 1.40 bits per heavy atom. The second kappa shape index (κ2) is 6.49. The van der Waals surface area contributed by atoms with Crippen molar-refractivity contribution in [3.05, 3.63) is 28.8 Å². The van der Waals surface area contributed by atoms with Crippen molar-refractivity contribution in [2.45, 2.75) is 45.6 Å². The third-order valence-electron chi connectivity index (χ3n) is 3.78. The van der Waals surface area contributed by atoms with Gasteiger partial charge in [-0.15, -0.1) is 0 Å². The van der Waals surface area contributed by atoms with Crippen LogP contribution in [0.3, 0.4) is 0 Å². The minimum absolute atomic E-state index is 0.0331. The number of carbonyl (C=O) groups excluding carboxylic acids is 1. The summed E-state index contributed by atoms with van der Waals surface area (Å²) in [5.41, 5.74) is 0.349. The second-order valence-electron chi connectivity index (χ2n) is 5.95. The number of halogens is 1. The van der Waals surface area contributed by atoms with Gasteiger partial charge in [0.1, 0.15) is 5.75 Å². The molecule has 0 aromatic heterocycles. The summed E-state index contributed by atoms with van der Waals surface area (Å²) in [5.74, 6) is 0.294. The van der Waals surface area contributed by atoms with Crippen molar-refractivity contribution < 1.29 is 9.90 Å². The highest BCUT2D eigenvalue weighted by Gasteiger charge is 2.29. The van der Waals surface area contributed by atoms with Gasteiger partial charge in [0.25, 0.3) is 5.91 Å². The molecular weight excluding hydrogens is 274 g/mol.